The zero-order chi connectivity index (χ0) is 24.8. The second kappa shape index (κ2) is 11.4. The number of carboxylic acids is 1. The van der Waals surface area contributed by atoms with Crippen molar-refractivity contribution in [2.45, 2.75) is 44.1 Å². The number of fused-ring (bicyclic) bond motifs is 3. The number of ether oxygens (including phenoxy) is 1. The quantitative estimate of drug-likeness (QED) is 0.437. The molecule has 0 aromatic heterocycles. The van der Waals surface area contributed by atoms with Gasteiger partial charge >= 0.3 is 12.1 Å². The maximum Gasteiger partial charge on any atom is 0.407 e. The van der Waals surface area contributed by atoms with E-state index in [1.54, 1.807) is 0 Å². The number of aliphatic carboxylic acids is 1. The molecule has 2 aliphatic carbocycles. The molecule has 2 aromatic rings. The Morgan fingerprint density at radius 2 is 1.60 bits per heavy atom. The van der Waals surface area contributed by atoms with Crippen molar-refractivity contribution >= 4 is 18.0 Å². The third kappa shape index (κ3) is 5.65. The molecule has 0 spiro atoms. The number of carbonyl (C=O) groups is 3. The van der Waals surface area contributed by atoms with Crippen LogP contribution in [0.1, 0.15) is 49.1 Å². The monoisotopic (exact) mass is 480 g/mol. The zero-order valence-corrected chi connectivity index (χ0v) is 19.6. The minimum absolute atomic E-state index is 0.0270. The molecule has 0 bridgehead atoms. The normalized spacial score (nSPS) is 19.8. The van der Waals surface area contributed by atoms with Crippen molar-refractivity contribution < 1.29 is 29.3 Å². The van der Waals surface area contributed by atoms with Crippen molar-refractivity contribution in [3.8, 4) is 11.1 Å². The Bertz CT molecular complexity index is 1030. The SMILES string of the molecule is O=C(NCC1CCCCC1C(=O)NC(CCO)C(=O)O)OCC1c2ccccc2-c2ccccc21. The van der Waals surface area contributed by atoms with Crippen LogP contribution in [-0.2, 0) is 14.3 Å². The average molecular weight is 481 g/mol. The van der Waals surface area contributed by atoms with E-state index in [0.717, 1.165) is 41.5 Å². The second-order valence-electron chi connectivity index (χ2n) is 9.27. The lowest BCUT2D eigenvalue weighted by Gasteiger charge is -2.31. The molecule has 2 amide bonds. The van der Waals surface area contributed by atoms with Gasteiger partial charge in [-0.25, -0.2) is 9.59 Å². The Morgan fingerprint density at radius 1 is 0.971 bits per heavy atom. The Hall–Kier alpha value is -3.39. The van der Waals surface area contributed by atoms with Crippen molar-refractivity contribution in [1.29, 1.82) is 0 Å². The lowest BCUT2D eigenvalue weighted by Crippen LogP contribution is -2.48. The first-order valence-corrected chi connectivity index (χ1v) is 12.2. The highest BCUT2D eigenvalue weighted by molar-refractivity contribution is 5.85. The van der Waals surface area contributed by atoms with E-state index in [1.165, 1.54) is 0 Å². The van der Waals surface area contributed by atoms with Gasteiger partial charge in [0, 0.05) is 31.4 Å². The van der Waals surface area contributed by atoms with Gasteiger partial charge < -0.3 is 25.6 Å². The molecule has 8 nitrogen and oxygen atoms in total. The molecule has 186 valence electrons. The van der Waals surface area contributed by atoms with Crippen LogP contribution in [0.15, 0.2) is 48.5 Å². The Kier molecular flexibility index (Phi) is 8.02. The van der Waals surface area contributed by atoms with Crippen LogP contribution in [0.25, 0.3) is 11.1 Å². The highest BCUT2D eigenvalue weighted by atomic mass is 16.5. The number of aliphatic hydroxyl groups is 1. The van der Waals surface area contributed by atoms with Gasteiger partial charge in [0.2, 0.25) is 5.91 Å². The van der Waals surface area contributed by atoms with Crippen molar-refractivity contribution in [3.05, 3.63) is 59.7 Å². The molecule has 35 heavy (non-hydrogen) atoms. The number of benzene rings is 2. The maximum absolute atomic E-state index is 12.8. The maximum atomic E-state index is 12.8. The van der Waals surface area contributed by atoms with Gasteiger partial charge in [-0.1, -0.05) is 61.4 Å². The average Bonchev–Trinajstić information content (AvgIpc) is 3.19. The van der Waals surface area contributed by atoms with Gasteiger partial charge in [0.25, 0.3) is 0 Å². The van der Waals surface area contributed by atoms with E-state index in [4.69, 9.17) is 9.84 Å². The number of nitrogens with one attached hydrogen (secondary N) is 2. The molecule has 1 saturated carbocycles. The van der Waals surface area contributed by atoms with Crippen LogP contribution in [0.5, 0.6) is 0 Å². The molecular formula is C27H32N2O6. The fourth-order valence-electron chi connectivity index (χ4n) is 5.33. The fourth-order valence-corrected chi connectivity index (χ4v) is 5.33. The van der Waals surface area contributed by atoms with E-state index in [1.807, 2.05) is 24.3 Å². The van der Waals surface area contributed by atoms with Crippen molar-refractivity contribution in [1.82, 2.24) is 10.6 Å². The molecule has 0 radical (unpaired) electrons. The predicted octanol–water partition coefficient (Wildman–Crippen LogP) is 3.28. The highest BCUT2D eigenvalue weighted by Crippen LogP contribution is 2.44. The Balaban J connectivity index is 1.32. The zero-order valence-electron chi connectivity index (χ0n) is 19.6. The van der Waals surface area contributed by atoms with E-state index in [2.05, 4.69) is 34.9 Å². The largest absolute Gasteiger partial charge is 0.480 e. The summed E-state index contributed by atoms with van der Waals surface area (Å²) in [5.74, 6) is -2.03. The van der Waals surface area contributed by atoms with Crippen LogP contribution in [-0.4, -0.2) is 54.0 Å². The first-order chi connectivity index (χ1) is 17.0. The van der Waals surface area contributed by atoms with Crippen LogP contribution < -0.4 is 10.6 Å². The van der Waals surface area contributed by atoms with Crippen molar-refractivity contribution in [2.24, 2.45) is 11.8 Å². The minimum Gasteiger partial charge on any atom is -0.480 e. The molecule has 0 aliphatic heterocycles. The first-order valence-electron chi connectivity index (χ1n) is 12.2. The molecule has 2 aliphatic rings. The van der Waals surface area contributed by atoms with E-state index >= 15 is 0 Å². The summed E-state index contributed by atoms with van der Waals surface area (Å²) in [6.07, 6.45) is 2.64. The number of aliphatic hydroxyl groups excluding tert-OH is 1. The summed E-state index contributed by atoms with van der Waals surface area (Å²) in [7, 11) is 0. The molecule has 1 fully saturated rings. The number of carbonyl (C=O) groups excluding carboxylic acids is 2. The van der Waals surface area contributed by atoms with Crippen LogP contribution in [0, 0.1) is 11.8 Å². The van der Waals surface area contributed by atoms with Crippen LogP contribution in [0.2, 0.25) is 0 Å². The number of hydrogen-bond donors (Lipinski definition) is 4. The van der Waals surface area contributed by atoms with E-state index in [9.17, 15) is 19.5 Å². The number of hydrogen-bond acceptors (Lipinski definition) is 5. The second-order valence-corrected chi connectivity index (χ2v) is 9.27. The van der Waals surface area contributed by atoms with Crippen molar-refractivity contribution in [3.63, 3.8) is 0 Å². The van der Waals surface area contributed by atoms with Gasteiger partial charge in [-0.05, 0) is 41.0 Å². The van der Waals surface area contributed by atoms with Crippen molar-refractivity contribution in [2.75, 3.05) is 19.8 Å². The molecule has 2 aromatic carbocycles. The van der Waals surface area contributed by atoms with Gasteiger partial charge in [-0.15, -0.1) is 0 Å². The third-order valence-corrected chi connectivity index (χ3v) is 7.13. The van der Waals surface area contributed by atoms with Crippen LogP contribution >= 0.6 is 0 Å². The molecular weight excluding hydrogens is 448 g/mol. The van der Waals surface area contributed by atoms with Gasteiger partial charge in [-0.3, -0.25) is 4.79 Å². The summed E-state index contributed by atoms with van der Waals surface area (Å²) in [6, 6.07) is 15.2. The number of rotatable bonds is 9. The Labute approximate surface area is 204 Å². The lowest BCUT2D eigenvalue weighted by atomic mass is 9.78. The summed E-state index contributed by atoms with van der Waals surface area (Å²) in [5, 5.41) is 23.7. The highest BCUT2D eigenvalue weighted by Gasteiger charge is 2.34. The molecule has 8 heteroatoms. The smallest absolute Gasteiger partial charge is 0.407 e. The molecule has 0 saturated heterocycles. The summed E-state index contributed by atoms with van der Waals surface area (Å²) in [4.78, 5) is 36.7. The van der Waals surface area contributed by atoms with Gasteiger partial charge in [0.1, 0.15) is 12.6 Å². The molecule has 3 atom stereocenters. The third-order valence-electron chi connectivity index (χ3n) is 7.13. The summed E-state index contributed by atoms with van der Waals surface area (Å²) >= 11 is 0. The van der Waals surface area contributed by atoms with Crippen LogP contribution in [0.3, 0.4) is 0 Å². The number of amides is 2. The number of carboxylic acid groups (broad SMARTS) is 1. The van der Waals surface area contributed by atoms with E-state index < -0.39 is 24.0 Å². The van der Waals surface area contributed by atoms with Gasteiger partial charge in [0.05, 0.1) is 0 Å². The molecule has 4 rings (SSSR count). The molecule has 4 N–H and O–H groups in total. The number of alkyl carbamates (subject to hydrolysis) is 1. The first kappa shape index (κ1) is 24.7. The predicted molar refractivity (Wildman–Crippen MR) is 130 cm³/mol. The van der Waals surface area contributed by atoms with Gasteiger partial charge in [-0.2, -0.15) is 0 Å². The topological polar surface area (TPSA) is 125 Å². The summed E-state index contributed by atoms with van der Waals surface area (Å²) < 4.78 is 5.60. The van der Waals surface area contributed by atoms with Gasteiger partial charge in [0.15, 0.2) is 0 Å². The fraction of sp³-hybridized carbons (Fsp3) is 0.444. The molecule has 0 heterocycles. The summed E-state index contributed by atoms with van der Waals surface area (Å²) in [5.41, 5.74) is 4.60. The summed E-state index contributed by atoms with van der Waals surface area (Å²) in [6.45, 7) is 0.178. The molecule has 3 unspecified atom stereocenters. The lowest BCUT2D eigenvalue weighted by molar-refractivity contribution is -0.143. The van der Waals surface area contributed by atoms with E-state index in [-0.39, 0.29) is 43.9 Å². The standard InChI is InChI=1S/C27H32N2O6/c30-14-13-24(26(32)33)29-25(31)18-8-2-1-7-17(18)15-28-27(34)35-16-23-21-11-5-3-9-19(21)20-10-4-6-12-22(20)23/h3-6,9-12,17-18,23-24,30H,1-2,7-8,13-16H2,(H,28,34)(H,29,31)(H,32,33). The minimum atomic E-state index is -1.17. The van der Waals surface area contributed by atoms with Crippen LogP contribution in [0.4, 0.5) is 4.79 Å². The van der Waals surface area contributed by atoms with E-state index in [0.29, 0.717) is 6.42 Å². The Morgan fingerprint density at radius 3 is 2.23 bits per heavy atom.